The maximum atomic E-state index is 11.9. The predicted octanol–water partition coefficient (Wildman–Crippen LogP) is 2.94. The molecule has 6 nitrogen and oxygen atoms in total. The van der Waals surface area contributed by atoms with Crippen LogP contribution in [0.3, 0.4) is 0 Å². The van der Waals surface area contributed by atoms with Gasteiger partial charge in [0.25, 0.3) is 5.91 Å². The molecule has 0 aliphatic carbocycles. The van der Waals surface area contributed by atoms with Gasteiger partial charge in [-0.15, -0.1) is 0 Å². The Bertz CT molecular complexity index is 747. The first kappa shape index (κ1) is 16.8. The zero-order valence-corrected chi connectivity index (χ0v) is 14.1. The molecule has 120 valence electrons. The van der Waals surface area contributed by atoms with E-state index >= 15 is 0 Å². The van der Waals surface area contributed by atoms with Gasteiger partial charge in [0, 0.05) is 5.56 Å². The third-order valence-corrected chi connectivity index (χ3v) is 3.85. The Morgan fingerprint density at radius 3 is 2.61 bits per heavy atom. The number of carbonyl (C=O) groups excluding carboxylic acids is 1. The van der Waals surface area contributed by atoms with Gasteiger partial charge in [0.15, 0.2) is 11.5 Å². The summed E-state index contributed by atoms with van der Waals surface area (Å²) in [6, 6.07) is 9.73. The minimum atomic E-state index is -0.504. The van der Waals surface area contributed by atoms with Gasteiger partial charge in [-0.3, -0.25) is 4.79 Å². The second-order valence-corrected chi connectivity index (χ2v) is 5.21. The maximum absolute atomic E-state index is 11.9. The third-order valence-electron chi connectivity index (χ3n) is 3.03. The van der Waals surface area contributed by atoms with E-state index < -0.39 is 5.91 Å². The van der Waals surface area contributed by atoms with Crippen LogP contribution in [0.25, 0.3) is 0 Å². The zero-order valence-electron chi connectivity index (χ0n) is 12.5. The monoisotopic (exact) mass is 378 g/mol. The van der Waals surface area contributed by atoms with E-state index in [1.165, 1.54) is 25.5 Å². The Morgan fingerprint density at radius 2 is 1.96 bits per heavy atom. The number of hydrogen-bond donors (Lipinski definition) is 2. The van der Waals surface area contributed by atoms with Crippen LogP contribution in [-0.2, 0) is 0 Å². The lowest BCUT2D eigenvalue weighted by atomic mass is 10.2. The molecule has 2 N–H and O–H groups in total. The molecule has 0 unspecified atom stereocenters. The van der Waals surface area contributed by atoms with Crippen LogP contribution in [0.1, 0.15) is 15.9 Å². The molecular weight excluding hydrogens is 364 g/mol. The van der Waals surface area contributed by atoms with Gasteiger partial charge in [0.2, 0.25) is 0 Å². The maximum Gasteiger partial charge on any atom is 0.275 e. The Morgan fingerprint density at radius 1 is 1.22 bits per heavy atom. The number of halogens is 1. The van der Waals surface area contributed by atoms with Gasteiger partial charge in [-0.05, 0) is 40.2 Å². The highest BCUT2D eigenvalue weighted by molar-refractivity contribution is 9.10. The molecule has 1 amide bonds. The molecule has 0 radical (unpaired) electrons. The van der Waals surface area contributed by atoms with Crippen LogP contribution in [-0.4, -0.2) is 31.4 Å². The molecule has 0 aliphatic rings. The minimum Gasteiger partial charge on any atom is -0.507 e. The van der Waals surface area contributed by atoms with Gasteiger partial charge in [-0.1, -0.05) is 12.1 Å². The van der Waals surface area contributed by atoms with Crippen LogP contribution in [0.5, 0.6) is 17.2 Å². The Labute approximate surface area is 141 Å². The summed E-state index contributed by atoms with van der Waals surface area (Å²) in [5, 5.41) is 13.5. The van der Waals surface area contributed by atoms with E-state index in [1.54, 1.807) is 31.4 Å². The standard InChI is InChI=1S/C16H15BrN2O4/c1-22-13-8-7-10(14(17)15(13)23-2)9-18-19-16(21)11-5-3-4-6-12(11)20/h3-9,20H,1-2H3,(H,19,21)/b18-9-. The molecule has 2 aromatic carbocycles. The van der Waals surface area contributed by atoms with Crippen molar-refractivity contribution in [2.24, 2.45) is 5.10 Å². The van der Waals surface area contributed by atoms with Crippen molar-refractivity contribution >= 4 is 28.1 Å². The lowest BCUT2D eigenvalue weighted by Crippen LogP contribution is -2.17. The summed E-state index contributed by atoms with van der Waals surface area (Å²) in [5.41, 5.74) is 3.20. The van der Waals surface area contributed by atoms with Gasteiger partial charge in [0.05, 0.1) is 30.5 Å². The smallest absolute Gasteiger partial charge is 0.275 e. The topological polar surface area (TPSA) is 80.2 Å². The Kier molecular flexibility index (Phi) is 5.59. The first-order valence-electron chi connectivity index (χ1n) is 6.60. The summed E-state index contributed by atoms with van der Waals surface area (Å²) >= 11 is 3.41. The summed E-state index contributed by atoms with van der Waals surface area (Å²) < 4.78 is 11.1. The number of amides is 1. The number of carbonyl (C=O) groups is 1. The van der Waals surface area contributed by atoms with Gasteiger partial charge in [-0.25, -0.2) is 5.43 Å². The van der Waals surface area contributed by atoms with Crippen LogP contribution >= 0.6 is 15.9 Å². The quantitative estimate of drug-likeness (QED) is 0.619. The van der Waals surface area contributed by atoms with Crippen molar-refractivity contribution in [2.45, 2.75) is 0 Å². The van der Waals surface area contributed by atoms with Gasteiger partial charge >= 0.3 is 0 Å². The number of phenols is 1. The van der Waals surface area contributed by atoms with Crippen molar-refractivity contribution in [3.05, 3.63) is 52.0 Å². The molecule has 7 heteroatoms. The average molecular weight is 379 g/mol. The molecule has 0 heterocycles. The largest absolute Gasteiger partial charge is 0.507 e. The molecule has 2 rings (SSSR count). The van der Waals surface area contributed by atoms with Crippen molar-refractivity contribution in [3.63, 3.8) is 0 Å². The van der Waals surface area contributed by atoms with Crippen molar-refractivity contribution in [3.8, 4) is 17.2 Å². The second kappa shape index (κ2) is 7.64. The Balaban J connectivity index is 2.15. The molecule has 0 aliphatic heterocycles. The summed E-state index contributed by atoms with van der Waals surface area (Å²) in [6.45, 7) is 0. The second-order valence-electron chi connectivity index (χ2n) is 4.42. The van der Waals surface area contributed by atoms with Crippen molar-refractivity contribution in [1.82, 2.24) is 5.43 Å². The number of aromatic hydroxyl groups is 1. The van der Waals surface area contributed by atoms with E-state index in [1.807, 2.05) is 0 Å². The van der Waals surface area contributed by atoms with Crippen molar-refractivity contribution in [1.29, 1.82) is 0 Å². The zero-order chi connectivity index (χ0) is 16.8. The van der Waals surface area contributed by atoms with E-state index in [0.717, 1.165) is 0 Å². The fourth-order valence-electron chi connectivity index (χ4n) is 1.89. The molecule has 0 saturated heterocycles. The number of hydrogen-bond acceptors (Lipinski definition) is 5. The fraction of sp³-hybridized carbons (Fsp3) is 0.125. The molecule has 23 heavy (non-hydrogen) atoms. The number of methoxy groups -OCH3 is 2. The lowest BCUT2D eigenvalue weighted by molar-refractivity contribution is 0.0952. The van der Waals surface area contributed by atoms with E-state index in [9.17, 15) is 9.90 Å². The number of nitrogens with zero attached hydrogens (tertiary/aromatic N) is 1. The number of nitrogens with one attached hydrogen (secondary N) is 1. The number of rotatable bonds is 5. The highest BCUT2D eigenvalue weighted by Gasteiger charge is 2.12. The number of hydrazone groups is 1. The normalized spacial score (nSPS) is 10.6. The van der Waals surface area contributed by atoms with Gasteiger partial charge in [-0.2, -0.15) is 5.10 Å². The number of benzene rings is 2. The number of ether oxygens (including phenoxy) is 2. The van der Waals surface area contributed by atoms with E-state index in [2.05, 4.69) is 26.5 Å². The molecule has 0 saturated carbocycles. The molecule has 0 bridgehead atoms. The summed E-state index contributed by atoms with van der Waals surface area (Å²) in [5.74, 6) is 0.502. The van der Waals surface area contributed by atoms with Crippen LogP contribution in [0, 0.1) is 0 Å². The first-order chi connectivity index (χ1) is 11.1. The Hall–Kier alpha value is -2.54. The third kappa shape index (κ3) is 3.81. The van der Waals surface area contributed by atoms with Gasteiger partial charge < -0.3 is 14.6 Å². The van der Waals surface area contributed by atoms with Crippen LogP contribution in [0.15, 0.2) is 46.0 Å². The highest BCUT2D eigenvalue weighted by Crippen LogP contribution is 2.36. The van der Waals surface area contributed by atoms with Crippen molar-refractivity contribution in [2.75, 3.05) is 14.2 Å². The first-order valence-corrected chi connectivity index (χ1v) is 7.39. The van der Waals surface area contributed by atoms with Crippen molar-refractivity contribution < 1.29 is 19.4 Å². The van der Waals surface area contributed by atoms with Crippen LogP contribution in [0.2, 0.25) is 0 Å². The number of phenolic OH excluding ortho intramolecular Hbond substituents is 1. The highest BCUT2D eigenvalue weighted by atomic mass is 79.9. The molecule has 0 spiro atoms. The molecule has 0 aromatic heterocycles. The molecule has 2 aromatic rings. The summed E-state index contributed by atoms with van der Waals surface area (Å²) in [7, 11) is 3.08. The van der Waals surface area contributed by atoms with E-state index in [0.29, 0.717) is 21.5 Å². The molecular formula is C16H15BrN2O4. The summed E-state index contributed by atoms with van der Waals surface area (Å²) in [4.78, 5) is 11.9. The van der Waals surface area contributed by atoms with E-state index in [4.69, 9.17) is 9.47 Å². The fourth-order valence-corrected chi connectivity index (χ4v) is 2.48. The lowest BCUT2D eigenvalue weighted by Gasteiger charge is -2.10. The summed E-state index contributed by atoms with van der Waals surface area (Å²) in [6.07, 6.45) is 1.46. The average Bonchev–Trinajstić information content (AvgIpc) is 2.56. The minimum absolute atomic E-state index is 0.104. The molecule has 0 fully saturated rings. The molecule has 0 atom stereocenters. The van der Waals surface area contributed by atoms with Crippen LogP contribution in [0.4, 0.5) is 0 Å². The van der Waals surface area contributed by atoms with E-state index in [-0.39, 0.29) is 11.3 Å². The SMILES string of the molecule is COc1ccc(/C=N\NC(=O)c2ccccc2O)c(Br)c1OC. The van der Waals surface area contributed by atoms with Crippen LogP contribution < -0.4 is 14.9 Å². The predicted molar refractivity (Wildman–Crippen MR) is 90.4 cm³/mol. The van der Waals surface area contributed by atoms with Gasteiger partial charge in [0.1, 0.15) is 5.75 Å². The number of para-hydroxylation sites is 1.